The molecule has 4 rings (SSSR count). The highest BCUT2D eigenvalue weighted by atomic mass is 16.6. The van der Waals surface area contributed by atoms with Gasteiger partial charge in [-0.15, -0.1) is 0 Å². The molecule has 0 radical (unpaired) electrons. The molecule has 1 heterocycles. The third-order valence-electron chi connectivity index (χ3n) is 5.20. The molecule has 0 saturated carbocycles. The number of ether oxygens (including phenoxy) is 3. The summed E-state index contributed by atoms with van der Waals surface area (Å²) in [5.74, 6) is 1.29. The molecule has 2 atom stereocenters. The first-order valence-electron chi connectivity index (χ1n) is 9.46. The van der Waals surface area contributed by atoms with Crippen LogP contribution in [0, 0.1) is 0 Å². The fourth-order valence-electron chi connectivity index (χ4n) is 3.78. The Hall–Kier alpha value is -3.47. The van der Waals surface area contributed by atoms with Crippen molar-refractivity contribution in [1.29, 1.82) is 0 Å². The van der Waals surface area contributed by atoms with Crippen molar-refractivity contribution in [2.45, 2.75) is 11.8 Å². The molecule has 1 N–H and O–H groups in total. The predicted molar refractivity (Wildman–Crippen MR) is 109 cm³/mol. The van der Waals surface area contributed by atoms with Crippen LogP contribution in [0.2, 0.25) is 0 Å². The summed E-state index contributed by atoms with van der Waals surface area (Å²) in [6, 6.07) is 23.1. The van der Waals surface area contributed by atoms with Crippen LogP contribution < -0.4 is 9.47 Å². The number of phenols is 1. The number of hydrogen-bond acceptors (Lipinski definition) is 5. The lowest BCUT2D eigenvalue weighted by Crippen LogP contribution is -2.25. The molecule has 3 aromatic carbocycles. The fourth-order valence-corrected chi connectivity index (χ4v) is 3.78. The average Bonchev–Trinajstić information content (AvgIpc) is 2.77. The van der Waals surface area contributed by atoms with Crippen molar-refractivity contribution < 1.29 is 24.1 Å². The third-order valence-corrected chi connectivity index (χ3v) is 5.20. The van der Waals surface area contributed by atoms with Gasteiger partial charge in [0.2, 0.25) is 0 Å². The molecule has 5 nitrogen and oxygen atoms in total. The van der Waals surface area contributed by atoms with Crippen molar-refractivity contribution >= 4 is 5.97 Å². The first-order chi connectivity index (χ1) is 14.2. The number of carbonyl (C=O) groups excluding carboxylic acids is 1. The molecule has 0 aromatic heterocycles. The highest BCUT2D eigenvalue weighted by molar-refractivity contribution is 5.70. The monoisotopic (exact) mass is 390 g/mol. The maximum atomic E-state index is 11.3. The largest absolute Gasteiger partial charge is 0.508 e. The van der Waals surface area contributed by atoms with Gasteiger partial charge in [0, 0.05) is 17.4 Å². The zero-order chi connectivity index (χ0) is 20.2. The van der Waals surface area contributed by atoms with E-state index in [1.165, 1.54) is 12.7 Å². The lowest BCUT2D eigenvalue weighted by Gasteiger charge is -2.34. The van der Waals surface area contributed by atoms with Gasteiger partial charge >= 0.3 is 5.97 Å². The molecule has 3 aromatic rings. The van der Waals surface area contributed by atoms with Crippen LogP contribution in [0.25, 0.3) is 0 Å². The maximum absolute atomic E-state index is 11.3. The molecule has 0 saturated heterocycles. The number of methoxy groups -OCH3 is 1. The van der Waals surface area contributed by atoms with Crippen molar-refractivity contribution in [2.75, 3.05) is 20.3 Å². The standard InChI is InChI=1S/C24H22O5/c1-27-23(26)15-28-19-10-7-17(8-11-19)24-20-13-18(25)9-12-22(20)29-14-21(24)16-5-3-2-4-6-16/h2-13,21,24-25H,14-15H2,1H3/t21-,24+/m0/s1. The van der Waals surface area contributed by atoms with Gasteiger partial charge in [-0.2, -0.15) is 0 Å². The van der Waals surface area contributed by atoms with Crippen LogP contribution in [0.3, 0.4) is 0 Å². The molecule has 0 fully saturated rings. The molecule has 5 heteroatoms. The summed E-state index contributed by atoms with van der Waals surface area (Å²) >= 11 is 0. The van der Waals surface area contributed by atoms with Gasteiger partial charge in [0.05, 0.1) is 13.7 Å². The Morgan fingerprint density at radius 1 is 1.03 bits per heavy atom. The normalized spacial score (nSPS) is 17.7. The molecular formula is C24H22O5. The fraction of sp³-hybridized carbons (Fsp3) is 0.208. The molecule has 148 valence electrons. The number of benzene rings is 3. The molecule has 0 unspecified atom stereocenters. The molecule has 0 spiro atoms. The van der Waals surface area contributed by atoms with Crippen molar-refractivity contribution in [3.05, 3.63) is 89.5 Å². The van der Waals surface area contributed by atoms with E-state index in [-0.39, 0.29) is 24.2 Å². The minimum Gasteiger partial charge on any atom is -0.508 e. The zero-order valence-electron chi connectivity index (χ0n) is 16.1. The van der Waals surface area contributed by atoms with E-state index in [1.54, 1.807) is 12.1 Å². The molecule has 0 bridgehead atoms. The van der Waals surface area contributed by atoms with Gasteiger partial charge in [-0.3, -0.25) is 0 Å². The van der Waals surface area contributed by atoms with E-state index in [0.717, 1.165) is 16.9 Å². The van der Waals surface area contributed by atoms with Crippen molar-refractivity contribution in [2.24, 2.45) is 0 Å². The quantitative estimate of drug-likeness (QED) is 0.660. The van der Waals surface area contributed by atoms with E-state index in [9.17, 15) is 9.90 Å². The van der Waals surface area contributed by atoms with Gasteiger partial charge in [0.15, 0.2) is 6.61 Å². The second-order valence-corrected chi connectivity index (χ2v) is 6.96. The number of aromatic hydroxyl groups is 1. The predicted octanol–water partition coefficient (Wildman–Crippen LogP) is 4.25. The second-order valence-electron chi connectivity index (χ2n) is 6.96. The number of fused-ring (bicyclic) bond motifs is 1. The van der Waals surface area contributed by atoms with Crippen molar-refractivity contribution in [3.63, 3.8) is 0 Å². The topological polar surface area (TPSA) is 65.0 Å². The summed E-state index contributed by atoms with van der Waals surface area (Å²) in [5.41, 5.74) is 3.21. The van der Waals surface area contributed by atoms with E-state index < -0.39 is 5.97 Å². The Labute approximate surface area is 169 Å². The Morgan fingerprint density at radius 2 is 1.79 bits per heavy atom. The van der Waals surface area contributed by atoms with Crippen molar-refractivity contribution in [3.8, 4) is 17.2 Å². The van der Waals surface area contributed by atoms with Gasteiger partial charge in [-0.25, -0.2) is 4.79 Å². The minimum absolute atomic E-state index is 0.0166. The lowest BCUT2D eigenvalue weighted by molar-refractivity contribution is -0.142. The second kappa shape index (κ2) is 8.27. The van der Waals surface area contributed by atoms with E-state index in [4.69, 9.17) is 9.47 Å². The van der Waals surface area contributed by atoms with Gasteiger partial charge < -0.3 is 19.3 Å². The zero-order valence-corrected chi connectivity index (χ0v) is 16.1. The van der Waals surface area contributed by atoms with Gasteiger partial charge in [0.25, 0.3) is 0 Å². The molecule has 1 aliphatic rings. The summed E-state index contributed by atoms with van der Waals surface area (Å²) in [4.78, 5) is 11.3. The first-order valence-corrected chi connectivity index (χ1v) is 9.46. The number of esters is 1. The summed E-state index contributed by atoms with van der Waals surface area (Å²) < 4.78 is 16.1. The SMILES string of the molecule is COC(=O)COc1ccc([C@@H]2c3cc(O)ccc3OC[C@H]2c2ccccc2)cc1. The van der Waals surface area contributed by atoms with E-state index in [1.807, 2.05) is 48.5 Å². The Balaban J connectivity index is 1.69. The third kappa shape index (κ3) is 4.04. The molecule has 0 aliphatic carbocycles. The van der Waals surface area contributed by atoms with Crippen LogP contribution in [0.4, 0.5) is 0 Å². The average molecular weight is 390 g/mol. The Morgan fingerprint density at radius 3 is 2.52 bits per heavy atom. The van der Waals surface area contributed by atoms with Crippen molar-refractivity contribution in [1.82, 2.24) is 0 Å². The number of phenolic OH excluding ortho intramolecular Hbond substituents is 1. The van der Waals surface area contributed by atoms with E-state index in [0.29, 0.717) is 12.4 Å². The number of rotatable bonds is 5. The number of hydrogen-bond donors (Lipinski definition) is 1. The highest BCUT2D eigenvalue weighted by Gasteiger charge is 2.33. The smallest absolute Gasteiger partial charge is 0.343 e. The first kappa shape index (κ1) is 18.9. The van der Waals surface area contributed by atoms with E-state index in [2.05, 4.69) is 16.9 Å². The van der Waals surface area contributed by atoms with Crippen LogP contribution in [0.1, 0.15) is 28.5 Å². The number of carbonyl (C=O) groups is 1. The van der Waals surface area contributed by atoms with Gasteiger partial charge in [-0.1, -0.05) is 42.5 Å². The maximum Gasteiger partial charge on any atom is 0.343 e. The van der Waals surface area contributed by atoms with Gasteiger partial charge in [0.1, 0.15) is 17.2 Å². The Bertz CT molecular complexity index is 982. The molecule has 1 aliphatic heterocycles. The summed E-state index contributed by atoms with van der Waals surface area (Å²) in [6.07, 6.45) is 0. The highest BCUT2D eigenvalue weighted by Crippen LogP contribution is 2.47. The summed E-state index contributed by atoms with van der Waals surface area (Å²) in [6.45, 7) is 0.420. The summed E-state index contributed by atoms with van der Waals surface area (Å²) in [7, 11) is 1.33. The Kier molecular flexibility index (Phi) is 5.38. The lowest BCUT2D eigenvalue weighted by atomic mass is 9.76. The molecule has 0 amide bonds. The van der Waals surface area contributed by atoms with Crippen LogP contribution >= 0.6 is 0 Å². The van der Waals surface area contributed by atoms with Crippen LogP contribution in [-0.4, -0.2) is 31.4 Å². The summed E-state index contributed by atoms with van der Waals surface area (Å²) in [5, 5.41) is 10.1. The van der Waals surface area contributed by atoms with Crippen LogP contribution in [0.15, 0.2) is 72.8 Å². The molecular weight excluding hydrogens is 368 g/mol. The van der Waals surface area contributed by atoms with E-state index >= 15 is 0 Å². The van der Waals surface area contributed by atoms with Crippen LogP contribution in [0.5, 0.6) is 17.2 Å². The molecule has 29 heavy (non-hydrogen) atoms. The minimum atomic E-state index is -0.424. The van der Waals surface area contributed by atoms with Gasteiger partial charge in [-0.05, 0) is 41.5 Å². The van der Waals surface area contributed by atoms with Crippen LogP contribution in [-0.2, 0) is 9.53 Å².